The number of benzene rings is 2. The average Bonchev–Trinajstić information content (AvgIpc) is 3.20. The Morgan fingerprint density at radius 1 is 0.980 bits per heavy atom. The van der Waals surface area contributed by atoms with Crippen LogP contribution in [0.15, 0.2) is 70.5 Å². The summed E-state index contributed by atoms with van der Waals surface area (Å²) in [5.74, 6) is -1.00. The average molecular weight is 720 g/mol. The molecule has 2 aromatic carbocycles. The highest BCUT2D eigenvalue weighted by Gasteiger charge is 2.48. The zero-order chi connectivity index (χ0) is 35.7. The van der Waals surface area contributed by atoms with E-state index in [9.17, 15) is 27.6 Å². The Morgan fingerprint density at radius 3 is 2.35 bits per heavy atom. The van der Waals surface area contributed by atoms with Gasteiger partial charge in [-0.25, -0.2) is 4.79 Å². The number of aromatic nitrogens is 1. The van der Waals surface area contributed by atoms with Crippen molar-refractivity contribution in [3.8, 4) is 5.75 Å². The Labute approximate surface area is 288 Å². The minimum atomic E-state index is -4.77. The lowest BCUT2D eigenvalue weighted by atomic mass is 9.94. The summed E-state index contributed by atoms with van der Waals surface area (Å²) in [6.07, 6.45) is -4.53. The first-order chi connectivity index (χ1) is 23.0. The van der Waals surface area contributed by atoms with Gasteiger partial charge in [0, 0.05) is 22.9 Å². The first kappa shape index (κ1) is 36.3. The van der Waals surface area contributed by atoms with E-state index < -0.39 is 69.0 Å². The molecule has 15 heteroatoms. The Hall–Kier alpha value is -3.95. The molecule has 0 bridgehead atoms. The molecule has 264 valence electrons. The molecule has 1 amide bonds. The lowest BCUT2D eigenvalue weighted by molar-refractivity contribution is -0.173. The Balaban J connectivity index is 1.46. The van der Waals surface area contributed by atoms with Crippen LogP contribution >= 0.6 is 11.8 Å². The van der Waals surface area contributed by atoms with Crippen molar-refractivity contribution in [2.24, 2.45) is 0 Å². The number of ether oxygens (including phenoxy) is 3. The maximum atomic E-state index is 14.2. The predicted molar refractivity (Wildman–Crippen MR) is 181 cm³/mol. The molecule has 5 rings (SSSR count). The standard InChI is InChI=1S/C34H40F3N3O7SSi/c1-22(34(35,36)37)38-20-40(28-24-12-8-7-11-23(24)19-48-27-14-10-9-13-25(27)28)39-16-15-26(41)30(29(39)31(38)42)45-21-46-32(43)44-17-18-47-49(5,6)33(2,3)4/h7-16,22,28H,17-21H2,1-6H3/t22-,28+/m1/s1. The van der Waals surface area contributed by atoms with E-state index in [-0.39, 0.29) is 18.3 Å². The second kappa shape index (κ2) is 14.1. The minimum Gasteiger partial charge on any atom is -0.451 e. The molecule has 3 heterocycles. The van der Waals surface area contributed by atoms with Crippen LogP contribution in [0.2, 0.25) is 18.1 Å². The van der Waals surface area contributed by atoms with Crippen molar-refractivity contribution in [1.82, 2.24) is 9.58 Å². The van der Waals surface area contributed by atoms with Gasteiger partial charge in [0.1, 0.15) is 19.3 Å². The number of thioether (sulfide) groups is 1. The number of fused-ring (bicyclic) bond motifs is 3. The second-order valence-electron chi connectivity index (χ2n) is 13.3. The van der Waals surface area contributed by atoms with Gasteiger partial charge in [-0.2, -0.15) is 13.2 Å². The molecule has 1 aromatic heterocycles. The largest absolute Gasteiger partial charge is 0.511 e. The van der Waals surface area contributed by atoms with Crippen molar-refractivity contribution < 1.29 is 41.4 Å². The molecular formula is C34H40F3N3O7SSi. The van der Waals surface area contributed by atoms with Gasteiger partial charge in [0.15, 0.2) is 14.0 Å². The molecule has 0 unspecified atom stereocenters. The van der Waals surface area contributed by atoms with Gasteiger partial charge in [-0.3, -0.25) is 19.3 Å². The van der Waals surface area contributed by atoms with Crippen LogP contribution in [-0.4, -0.2) is 68.8 Å². The molecule has 2 aliphatic rings. The maximum Gasteiger partial charge on any atom is 0.511 e. The molecule has 2 aliphatic heterocycles. The van der Waals surface area contributed by atoms with E-state index in [1.165, 1.54) is 10.9 Å². The van der Waals surface area contributed by atoms with Gasteiger partial charge in [-0.15, -0.1) is 11.8 Å². The van der Waals surface area contributed by atoms with E-state index >= 15 is 0 Å². The van der Waals surface area contributed by atoms with E-state index in [1.54, 1.807) is 16.8 Å². The number of pyridine rings is 1. The van der Waals surface area contributed by atoms with Crippen LogP contribution < -0.4 is 15.2 Å². The molecule has 0 saturated carbocycles. The summed E-state index contributed by atoms with van der Waals surface area (Å²) in [6.45, 7) is 10.0. The SMILES string of the molecule is C[C@@H](N1CN([C@H]2c3ccccc3CSc3ccccc32)n2ccc(=O)c(OCOC(=O)OCCO[Si](C)(C)C(C)(C)C)c2C1=O)C(F)(F)F. The third-order valence-electron chi connectivity index (χ3n) is 9.21. The second-order valence-corrected chi connectivity index (χ2v) is 19.1. The number of carbonyl (C=O) groups excluding carboxylic acids is 2. The number of hydrogen-bond donors (Lipinski definition) is 0. The van der Waals surface area contributed by atoms with Gasteiger partial charge >= 0.3 is 12.3 Å². The molecule has 0 radical (unpaired) electrons. The highest BCUT2D eigenvalue weighted by Crippen LogP contribution is 2.43. The normalized spacial score (nSPS) is 17.0. The van der Waals surface area contributed by atoms with Gasteiger partial charge < -0.3 is 23.5 Å². The van der Waals surface area contributed by atoms with E-state index in [2.05, 4.69) is 33.9 Å². The summed E-state index contributed by atoms with van der Waals surface area (Å²) in [4.78, 5) is 41.0. The molecule has 49 heavy (non-hydrogen) atoms. The predicted octanol–water partition coefficient (Wildman–Crippen LogP) is 7.06. The molecule has 10 nitrogen and oxygen atoms in total. The zero-order valence-electron chi connectivity index (χ0n) is 28.2. The highest BCUT2D eigenvalue weighted by atomic mass is 32.2. The van der Waals surface area contributed by atoms with Crippen LogP contribution in [0.25, 0.3) is 0 Å². The van der Waals surface area contributed by atoms with Crippen LogP contribution in [0.1, 0.15) is 60.9 Å². The minimum absolute atomic E-state index is 0.0351. The summed E-state index contributed by atoms with van der Waals surface area (Å²) in [5, 5.41) is 1.58. The monoisotopic (exact) mass is 719 g/mol. The first-order valence-electron chi connectivity index (χ1n) is 15.8. The van der Waals surface area contributed by atoms with Crippen molar-refractivity contribution in [2.75, 3.05) is 31.7 Å². The molecule has 0 saturated heterocycles. The van der Waals surface area contributed by atoms with Crippen molar-refractivity contribution in [2.45, 2.75) is 74.7 Å². The third-order valence-corrected chi connectivity index (χ3v) is 14.9. The Kier molecular flexibility index (Phi) is 10.5. The van der Waals surface area contributed by atoms with Gasteiger partial charge in [-0.1, -0.05) is 63.2 Å². The van der Waals surface area contributed by atoms with Crippen molar-refractivity contribution >= 4 is 32.1 Å². The summed E-state index contributed by atoms with van der Waals surface area (Å²) < 4.78 is 65.7. The summed E-state index contributed by atoms with van der Waals surface area (Å²) in [5.41, 5.74) is 1.42. The fraction of sp³-hybridized carbons (Fsp3) is 0.441. The van der Waals surface area contributed by atoms with Crippen molar-refractivity contribution in [1.29, 1.82) is 0 Å². The lowest BCUT2D eigenvalue weighted by Gasteiger charge is -2.46. The molecular weight excluding hydrogens is 680 g/mol. The van der Waals surface area contributed by atoms with Crippen molar-refractivity contribution in [3.63, 3.8) is 0 Å². The van der Waals surface area contributed by atoms with Crippen molar-refractivity contribution in [3.05, 3.63) is 93.4 Å². The summed E-state index contributed by atoms with van der Waals surface area (Å²) in [7, 11) is -2.06. The topological polar surface area (TPSA) is 99.5 Å². The summed E-state index contributed by atoms with van der Waals surface area (Å²) >= 11 is 1.60. The van der Waals surface area contributed by atoms with E-state index in [0.29, 0.717) is 10.7 Å². The zero-order valence-corrected chi connectivity index (χ0v) is 30.0. The fourth-order valence-electron chi connectivity index (χ4n) is 5.39. The number of nitrogens with zero attached hydrogens (tertiary/aromatic N) is 3. The van der Waals surface area contributed by atoms with Gasteiger partial charge in [0.05, 0.1) is 12.6 Å². The van der Waals surface area contributed by atoms with Gasteiger partial charge in [0.25, 0.3) is 5.91 Å². The van der Waals surface area contributed by atoms with E-state index in [4.69, 9.17) is 18.6 Å². The maximum absolute atomic E-state index is 14.2. The molecule has 0 fully saturated rings. The number of alkyl halides is 3. The Morgan fingerprint density at radius 2 is 1.65 bits per heavy atom. The Bertz CT molecular complexity index is 1710. The highest BCUT2D eigenvalue weighted by molar-refractivity contribution is 7.98. The fourth-order valence-corrected chi connectivity index (χ4v) is 7.52. The third kappa shape index (κ3) is 7.63. The molecule has 3 aromatic rings. The van der Waals surface area contributed by atoms with Crippen LogP contribution in [0.5, 0.6) is 5.75 Å². The number of rotatable bonds is 9. The van der Waals surface area contributed by atoms with Gasteiger partial charge in [-0.05, 0) is 47.8 Å². The van der Waals surface area contributed by atoms with E-state index in [0.717, 1.165) is 34.6 Å². The van der Waals surface area contributed by atoms with Crippen LogP contribution in [0.4, 0.5) is 18.0 Å². The smallest absolute Gasteiger partial charge is 0.451 e. The summed E-state index contributed by atoms with van der Waals surface area (Å²) in [6, 6.07) is 13.5. The quantitative estimate of drug-likeness (QED) is 0.0997. The lowest BCUT2D eigenvalue weighted by Crippen LogP contribution is -2.60. The van der Waals surface area contributed by atoms with Crippen LogP contribution in [0, 0.1) is 0 Å². The molecule has 0 N–H and O–H groups in total. The van der Waals surface area contributed by atoms with Crippen LogP contribution in [0.3, 0.4) is 0 Å². The molecule has 0 aliphatic carbocycles. The molecule has 2 atom stereocenters. The molecule has 0 spiro atoms. The number of carbonyl (C=O) groups is 2. The number of halogens is 3. The number of hydrogen-bond acceptors (Lipinski definition) is 9. The van der Waals surface area contributed by atoms with Crippen LogP contribution in [-0.2, 0) is 19.7 Å². The van der Waals surface area contributed by atoms with E-state index in [1.807, 2.05) is 48.5 Å². The van der Waals surface area contributed by atoms with Gasteiger partial charge in [0.2, 0.25) is 18.0 Å². The first-order valence-corrected chi connectivity index (χ1v) is 19.7. The number of amides is 1.